The minimum absolute atomic E-state index is 0.330. The summed E-state index contributed by atoms with van der Waals surface area (Å²) in [5.74, 6) is 1.09. The van der Waals surface area contributed by atoms with Crippen LogP contribution in [0, 0.1) is 5.41 Å². The zero-order chi connectivity index (χ0) is 12.6. The second kappa shape index (κ2) is 4.31. The Morgan fingerprint density at radius 2 is 1.83 bits per heavy atom. The van der Waals surface area contributed by atoms with E-state index in [0.29, 0.717) is 5.41 Å². The van der Waals surface area contributed by atoms with Crippen molar-refractivity contribution in [3.05, 3.63) is 42.0 Å². The van der Waals surface area contributed by atoms with E-state index < -0.39 is 0 Å². The first-order chi connectivity index (χ1) is 8.78. The molecular weight excluding hydrogens is 220 g/mol. The Morgan fingerprint density at radius 3 is 2.61 bits per heavy atom. The molecule has 1 heteroatoms. The smallest absolute Gasteiger partial charge is 0.123 e. The lowest BCUT2D eigenvalue weighted by Crippen LogP contribution is -2.33. The summed E-state index contributed by atoms with van der Waals surface area (Å²) in [5.41, 5.74) is 1.74. The molecule has 0 amide bonds. The van der Waals surface area contributed by atoms with Gasteiger partial charge in [-0.05, 0) is 36.1 Å². The van der Waals surface area contributed by atoms with Crippen LogP contribution in [0.15, 0.2) is 36.4 Å². The number of hydrogen-bond acceptors (Lipinski definition) is 1. The third kappa shape index (κ3) is 1.69. The molecule has 0 N–H and O–H groups in total. The molecule has 0 atom stereocenters. The first kappa shape index (κ1) is 11.6. The standard InChI is InChI=1S/C17H20O/c1-3-17(4-2)11-15-14-8-6-5-7-13(14)9-10-16(15)18-12-17/h5-10H,3-4,11-12H2,1-2H3. The summed E-state index contributed by atoms with van der Waals surface area (Å²) in [6, 6.07) is 12.9. The Hall–Kier alpha value is -1.50. The van der Waals surface area contributed by atoms with Crippen LogP contribution in [0.3, 0.4) is 0 Å². The highest BCUT2D eigenvalue weighted by Crippen LogP contribution is 2.42. The first-order valence-corrected chi connectivity index (χ1v) is 6.91. The fourth-order valence-electron chi connectivity index (χ4n) is 2.99. The highest BCUT2D eigenvalue weighted by molar-refractivity contribution is 5.88. The van der Waals surface area contributed by atoms with Gasteiger partial charge >= 0.3 is 0 Å². The van der Waals surface area contributed by atoms with Gasteiger partial charge in [-0.25, -0.2) is 0 Å². The van der Waals surface area contributed by atoms with E-state index in [1.54, 1.807) is 0 Å². The summed E-state index contributed by atoms with van der Waals surface area (Å²) in [4.78, 5) is 0. The fraction of sp³-hybridized carbons (Fsp3) is 0.412. The maximum Gasteiger partial charge on any atom is 0.123 e. The summed E-state index contributed by atoms with van der Waals surface area (Å²) in [7, 11) is 0. The highest BCUT2D eigenvalue weighted by atomic mass is 16.5. The van der Waals surface area contributed by atoms with Crippen LogP contribution in [0.2, 0.25) is 0 Å². The van der Waals surface area contributed by atoms with Crippen molar-refractivity contribution in [3.63, 3.8) is 0 Å². The maximum atomic E-state index is 6.03. The third-order valence-corrected chi connectivity index (χ3v) is 4.58. The van der Waals surface area contributed by atoms with Crippen LogP contribution in [0.25, 0.3) is 10.8 Å². The van der Waals surface area contributed by atoms with Gasteiger partial charge in [-0.3, -0.25) is 0 Å². The average molecular weight is 240 g/mol. The van der Waals surface area contributed by atoms with Crippen LogP contribution < -0.4 is 4.74 Å². The lowest BCUT2D eigenvalue weighted by Gasteiger charge is -2.37. The monoisotopic (exact) mass is 240 g/mol. The molecule has 1 heterocycles. The number of hydrogen-bond donors (Lipinski definition) is 0. The van der Waals surface area contributed by atoms with Crippen LogP contribution >= 0.6 is 0 Å². The van der Waals surface area contributed by atoms with Crippen molar-refractivity contribution in [1.29, 1.82) is 0 Å². The minimum atomic E-state index is 0.330. The van der Waals surface area contributed by atoms with Gasteiger partial charge in [0.15, 0.2) is 0 Å². The van der Waals surface area contributed by atoms with Gasteiger partial charge in [0.05, 0.1) is 6.61 Å². The van der Waals surface area contributed by atoms with Gasteiger partial charge in [0.2, 0.25) is 0 Å². The summed E-state index contributed by atoms with van der Waals surface area (Å²) >= 11 is 0. The molecule has 1 aliphatic rings. The number of rotatable bonds is 2. The van der Waals surface area contributed by atoms with Crippen molar-refractivity contribution in [2.75, 3.05) is 6.61 Å². The Labute approximate surface area is 109 Å². The van der Waals surface area contributed by atoms with E-state index in [1.807, 2.05) is 0 Å². The molecule has 18 heavy (non-hydrogen) atoms. The van der Waals surface area contributed by atoms with E-state index in [9.17, 15) is 0 Å². The molecular formula is C17H20O. The van der Waals surface area contributed by atoms with Crippen LogP contribution in [0.1, 0.15) is 32.3 Å². The Kier molecular flexibility index (Phi) is 2.77. The van der Waals surface area contributed by atoms with E-state index in [2.05, 4.69) is 50.2 Å². The molecule has 2 aromatic carbocycles. The second-order valence-corrected chi connectivity index (χ2v) is 5.44. The van der Waals surface area contributed by atoms with Crippen molar-refractivity contribution in [2.45, 2.75) is 33.1 Å². The predicted molar refractivity (Wildman–Crippen MR) is 76.2 cm³/mol. The Morgan fingerprint density at radius 1 is 1.06 bits per heavy atom. The van der Waals surface area contributed by atoms with Crippen LogP contribution in [0.4, 0.5) is 0 Å². The van der Waals surface area contributed by atoms with E-state index >= 15 is 0 Å². The molecule has 2 aromatic rings. The molecule has 1 nitrogen and oxygen atoms in total. The lowest BCUT2D eigenvalue weighted by molar-refractivity contribution is 0.111. The molecule has 3 rings (SSSR count). The van der Waals surface area contributed by atoms with E-state index in [-0.39, 0.29) is 0 Å². The van der Waals surface area contributed by atoms with Gasteiger partial charge in [0.25, 0.3) is 0 Å². The third-order valence-electron chi connectivity index (χ3n) is 4.58. The molecule has 0 radical (unpaired) electrons. The number of fused-ring (bicyclic) bond motifs is 3. The molecule has 0 aromatic heterocycles. The summed E-state index contributed by atoms with van der Waals surface area (Å²) in [6.45, 7) is 5.43. The SMILES string of the molecule is CCC1(CC)COc2ccc3ccccc3c2C1. The average Bonchev–Trinajstić information content (AvgIpc) is 2.46. The van der Waals surface area contributed by atoms with Gasteiger partial charge in [-0.2, -0.15) is 0 Å². The molecule has 0 saturated heterocycles. The summed E-state index contributed by atoms with van der Waals surface area (Å²) in [5, 5.41) is 2.68. The molecule has 0 bridgehead atoms. The van der Waals surface area contributed by atoms with Crippen molar-refractivity contribution in [1.82, 2.24) is 0 Å². The molecule has 0 fully saturated rings. The van der Waals surface area contributed by atoms with Crippen LogP contribution in [-0.4, -0.2) is 6.61 Å². The van der Waals surface area contributed by atoms with Crippen molar-refractivity contribution < 1.29 is 4.74 Å². The van der Waals surface area contributed by atoms with Crippen LogP contribution in [0.5, 0.6) is 5.75 Å². The van der Waals surface area contributed by atoms with Gasteiger partial charge in [0, 0.05) is 11.0 Å². The summed E-state index contributed by atoms with van der Waals surface area (Å²) in [6.07, 6.45) is 3.52. The number of ether oxygens (including phenoxy) is 1. The van der Waals surface area contributed by atoms with Crippen molar-refractivity contribution >= 4 is 10.8 Å². The van der Waals surface area contributed by atoms with Crippen LogP contribution in [-0.2, 0) is 6.42 Å². The predicted octanol–water partition coefficient (Wildman–Crippen LogP) is 4.58. The van der Waals surface area contributed by atoms with Gasteiger partial charge in [0.1, 0.15) is 5.75 Å². The zero-order valence-electron chi connectivity index (χ0n) is 11.2. The van der Waals surface area contributed by atoms with Crippen molar-refractivity contribution in [3.8, 4) is 5.75 Å². The first-order valence-electron chi connectivity index (χ1n) is 6.91. The quantitative estimate of drug-likeness (QED) is 0.746. The van der Waals surface area contributed by atoms with E-state index in [1.165, 1.54) is 29.2 Å². The number of benzene rings is 2. The lowest BCUT2D eigenvalue weighted by atomic mass is 9.75. The van der Waals surface area contributed by atoms with Gasteiger partial charge < -0.3 is 4.74 Å². The van der Waals surface area contributed by atoms with E-state index in [0.717, 1.165) is 18.8 Å². The largest absolute Gasteiger partial charge is 0.493 e. The molecule has 0 spiro atoms. The molecule has 0 saturated carbocycles. The minimum Gasteiger partial charge on any atom is -0.493 e. The topological polar surface area (TPSA) is 9.23 Å². The van der Waals surface area contributed by atoms with E-state index in [4.69, 9.17) is 4.74 Å². The zero-order valence-corrected chi connectivity index (χ0v) is 11.2. The molecule has 0 unspecified atom stereocenters. The summed E-state index contributed by atoms with van der Waals surface area (Å²) < 4.78 is 6.03. The van der Waals surface area contributed by atoms with Gasteiger partial charge in [-0.1, -0.05) is 44.2 Å². The van der Waals surface area contributed by atoms with Crippen molar-refractivity contribution in [2.24, 2.45) is 5.41 Å². The maximum absolute atomic E-state index is 6.03. The Bertz CT molecular complexity index is 567. The fourth-order valence-corrected chi connectivity index (χ4v) is 2.99. The molecule has 94 valence electrons. The van der Waals surface area contributed by atoms with Gasteiger partial charge in [-0.15, -0.1) is 0 Å². The Balaban J connectivity index is 2.15. The normalized spacial score (nSPS) is 17.2. The molecule has 1 aliphatic heterocycles. The second-order valence-electron chi connectivity index (χ2n) is 5.44. The highest BCUT2D eigenvalue weighted by Gasteiger charge is 2.33. The molecule has 0 aliphatic carbocycles.